The van der Waals surface area contributed by atoms with Crippen molar-refractivity contribution in [1.82, 2.24) is 5.32 Å². The number of carbonyl (C=O) groups excluding carboxylic acids is 2. The molecule has 4 rings (SSSR count). The van der Waals surface area contributed by atoms with Crippen LogP contribution in [0, 0.1) is 0 Å². The number of nitrogens with one attached hydrogen (secondary N) is 2. The molecular formula is C16H15N3O3. The Morgan fingerprint density at radius 1 is 1.27 bits per heavy atom. The van der Waals surface area contributed by atoms with Crippen LogP contribution in [0.1, 0.15) is 17.0 Å². The van der Waals surface area contributed by atoms with E-state index in [2.05, 4.69) is 15.5 Å². The van der Waals surface area contributed by atoms with Crippen molar-refractivity contribution in [3.05, 3.63) is 48.4 Å². The third-order valence-electron chi connectivity index (χ3n) is 4.16. The van der Waals surface area contributed by atoms with Gasteiger partial charge in [-0.1, -0.05) is 12.1 Å². The Morgan fingerprint density at radius 3 is 2.95 bits per heavy atom. The Morgan fingerprint density at radius 2 is 2.14 bits per heavy atom. The maximum atomic E-state index is 12.2. The van der Waals surface area contributed by atoms with Gasteiger partial charge in [0.25, 0.3) is 5.91 Å². The van der Waals surface area contributed by atoms with Crippen molar-refractivity contribution in [1.29, 1.82) is 0 Å². The van der Waals surface area contributed by atoms with Crippen LogP contribution in [0.2, 0.25) is 0 Å². The third-order valence-corrected chi connectivity index (χ3v) is 4.16. The van der Waals surface area contributed by atoms with E-state index in [-0.39, 0.29) is 29.7 Å². The molecule has 2 unspecified atom stereocenters. The van der Waals surface area contributed by atoms with Crippen molar-refractivity contribution in [3.8, 4) is 0 Å². The molecule has 0 saturated carbocycles. The predicted molar refractivity (Wildman–Crippen MR) is 80.8 cm³/mol. The van der Waals surface area contributed by atoms with Crippen molar-refractivity contribution in [2.24, 2.45) is 0 Å². The summed E-state index contributed by atoms with van der Waals surface area (Å²) in [6, 6.07) is 10.7. The molecule has 0 radical (unpaired) electrons. The quantitative estimate of drug-likeness (QED) is 0.883. The number of nitrogens with zero attached hydrogens (tertiary/aromatic N) is 1. The second kappa shape index (κ2) is 4.91. The molecule has 1 saturated heterocycles. The van der Waals surface area contributed by atoms with Crippen LogP contribution in [0.25, 0.3) is 0 Å². The highest BCUT2D eigenvalue weighted by Crippen LogP contribution is 2.36. The molecule has 2 amide bonds. The largest absolute Gasteiger partial charge is 0.459 e. The normalized spacial score (nSPS) is 22.7. The summed E-state index contributed by atoms with van der Waals surface area (Å²) in [7, 11) is 0. The van der Waals surface area contributed by atoms with Crippen molar-refractivity contribution in [2.45, 2.75) is 18.5 Å². The first kappa shape index (κ1) is 12.9. The maximum absolute atomic E-state index is 12.2. The zero-order valence-corrected chi connectivity index (χ0v) is 11.8. The molecule has 2 aromatic rings. The van der Waals surface area contributed by atoms with Crippen molar-refractivity contribution in [2.75, 3.05) is 16.8 Å². The topological polar surface area (TPSA) is 74.6 Å². The van der Waals surface area contributed by atoms with Gasteiger partial charge in [-0.05, 0) is 30.7 Å². The summed E-state index contributed by atoms with van der Waals surface area (Å²) in [6.07, 6.45) is 2.06. The fourth-order valence-electron chi connectivity index (χ4n) is 3.17. The standard InChI is InChI=1S/C16H15N3O3/c20-15-13-8-10(17-16(21)14-6-3-7-22-14)9-19(13)12-5-2-1-4-11(12)18-15/h1-7,10,13H,8-9H2,(H,17,21)(H,18,20). The minimum Gasteiger partial charge on any atom is -0.459 e. The molecule has 2 atom stereocenters. The van der Waals surface area contributed by atoms with Gasteiger partial charge in [-0.2, -0.15) is 0 Å². The van der Waals surface area contributed by atoms with Crippen LogP contribution >= 0.6 is 0 Å². The number of para-hydroxylation sites is 2. The molecule has 2 aliphatic heterocycles. The summed E-state index contributed by atoms with van der Waals surface area (Å²) in [5.74, 6) is 0.0201. The molecule has 3 heterocycles. The summed E-state index contributed by atoms with van der Waals surface area (Å²) >= 11 is 0. The number of fused-ring (bicyclic) bond motifs is 3. The number of benzene rings is 1. The third kappa shape index (κ3) is 2.04. The number of amides is 2. The van der Waals surface area contributed by atoms with Crippen LogP contribution < -0.4 is 15.5 Å². The van der Waals surface area contributed by atoms with Gasteiger partial charge in [-0.25, -0.2) is 0 Å². The van der Waals surface area contributed by atoms with Crippen LogP contribution in [0.5, 0.6) is 0 Å². The fraction of sp³-hybridized carbons (Fsp3) is 0.250. The number of anilines is 2. The highest BCUT2D eigenvalue weighted by atomic mass is 16.3. The van der Waals surface area contributed by atoms with Gasteiger partial charge in [0.1, 0.15) is 6.04 Å². The Kier molecular flexibility index (Phi) is 2.89. The van der Waals surface area contributed by atoms with Crippen LogP contribution in [0.4, 0.5) is 11.4 Å². The van der Waals surface area contributed by atoms with Crippen molar-refractivity contribution in [3.63, 3.8) is 0 Å². The molecule has 1 aromatic heterocycles. The van der Waals surface area contributed by atoms with Gasteiger partial charge >= 0.3 is 0 Å². The lowest BCUT2D eigenvalue weighted by atomic mass is 10.1. The predicted octanol–water partition coefficient (Wildman–Crippen LogP) is 1.61. The van der Waals surface area contributed by atoms with Crippen molar-refractivity contribution < 1.29 is 14.0 Å². The minimum absolute atomic E-state index is 0.0200. The molecule has 6 nitrogen and oxygen atoms in total. The van der Waals surface area contributed by atoms with Crippen LogP contribution in [0.15, 0.2) is 47.1 Å². The van der Waals surface area contributed by atoms with E-state index in [1.807, 2.05) is 24.3 Å². The molecule has 1 fully saturated rings. The highest BCUT2D eigenvalue weighted by Gasteiger charge is 2.41. The Bertz CT molecular complexity index is 726. The molecule has 2 aliphatic rings. The van der Waals surface area contributed by atoms with Gasteiger partial charge in [0.15, 0.2) is 5.76 Å². The zero-order valence-electron chi connectivity index (χ0n) is 11.8. The molecule has 2 N–H and O–H groups in total. The first-order valence-corrected chi connectivity index (χ1v) is 7.23. The monoisotopic (exact) mass is 297 g/mol. The molecule has 0 spiro atoms. The first-order valence-electron chi connectivity index (χ1n) is 7.23. The molecule has 0 bridgehead atoms. The van der Waals surface area contributed by atoms with E-state index in [9.17, 15) is 9.59 Å². The summed E-state index contributed by atoms with van der Waals surface area (Å²) in [6.45, 7) is 0.613. The van der Waals surface area contributed by atoms with Crippen LogP contribution in [-0.2, 0) is 4.79 Å². The Hall–Kier alpha value is -2.76. The van der Waals surface area contributed by atoms with Gasteiger partial charge in [0, 0.05) is 12.6 Å². The Labute approximate surface area is 127 Å². The van der Waals surface area contributed by atoms with Crippen molar-refractivity contribution >= 4 is 23.2 Å². The lowest BCUT2D eigenvalue weighted by Gasteiger charge is -2.32. The summed E-state index contributed by atoms with van der Waals surface area (Å²) in [5.41, 5.74) is 1.82. The zero-order chi connectivity index (χ0) is 15.1. The van der Waals surface area contributed by atoms with Gasteiger partial charge in [-0.15, -0.1) is 0 Å². The van der Waals surface area contributed by atoms with Gasteiger partial charge in [0.05, 0.1) is 17.6 Å². The number of rotatable bonds is 2. The van der Waals surface area contributed by atoms with E-state index in [4.69, 9.17) is 4.42 Å². The number of hydrogen-bond donors (Lipinski definition) is 2. The summed E-state index contributed by atoms with van der Waals surface area (Å²) < 4.78 is 5.10. The average molecular weight is 297 g/mol. The van der Waals surface area contributed by atoms with E-state index in [1.54, 1.807) is 12.1 Å². The molecule has 6 heteroatoms. The summed E-state index contributed by atoms with van der Waals surface area (Å²) in [5, 5.41) is 5.86. The second-order valence-electron chi connectivity index (χ2n) is 5.56. The average Bonchev–Trinajstić information content (AvgIpc) is 3.17. The first-order chi connectivity index (χ1) is 10.7. The molecule has 112 valence electrons. The van der Waals surface area contributed by atoms with Gasteiger partial charge in [0.2, 0.25) is 5.91 Å². The highest BCUT2D eigenvalue weighted by molar-refractivity contribution is 6.04. The van der Waals surface area contributed by atoms with Gasteiger partial charge < -0.3 is 20.0 Å². The van der Waals surface area contributed by atoms with E-state index in [1.165, 1.54) is 6.26 Å². The lowest BCUT2D eigenvalue weighted by Crippen LogP contribution is -2.44. The lowest BCUT2D eigenvalue weighted by molar-refractivity contribution is -0.117. The van der Waals surface area contributed by atoms with E-state index < -0.39 is 0 Å². The number of furan rings is 1. The van der Waals surface area contributed by atoms with Gasteiger partial charge in [-0.3, -0.25) is 9.59 Å². The second-order valence-corrected chi connectivity index (χ2v) is 5.56. The van der Waals surface area contributed by atoms with Crippen LogP contribution in [-0.4, -0.2) is 30.4 Å². The molecule has 0 aliphatic carbocycles. The Balaban J connectivity index is 1.54. The smallest absolute Gasteiger partial charge is 0.287 e. The number of hydrogen-bond acceptors (Lipinski definition) is 4. The minimum atomic E-state index is -0.247. The molecule has 22 heavy (non-hydrogen) atoms. The molecule has 1 aromatic carbocycles. The molecular weight excluding hydrogens is 282 g/mol. The fourth-order valence-corrected chi connectivity index (χ4v) is 3.17. The van der Waals surface area contributed by atoms with E-state index >= 15 is 0 Å². The van der Waals surface area contributed by atoms with E-state index in [0.717, 1.165) is 11.4 Å². The van der Waals surface area contributed by atoms with Crippen LogP contribution in [0.3, 0.4) is 0 Å². The SMILES string of the molecule is O=C(NC1CC2C(=O)Nc3ccccc3N2C1)c1ccco1. The summed E-state index contributed by atoms with van der Waals surface area (Å²) in [4.78, 5) is 26.3. The maximum Gasteiger partial charge on any atom is 0.287 e. The van der Waals surface area contributed by atoms with E-state index in [0.29, 0.717) is 13.0 Å². The number of carbonyl (C=O) groups is 2.